The van der Waals surface area contributed by atoms with Gasteiger partial charge in [0, 0.05) is 13.0 Å². The molecule has 0 aliphatic carbocycles. The number of aromatic hydroxyl groups is 1. The molecule has 0 fully saturated rings. The Balaban J connectivity index is 2.58. The van der Waals surface area contributed by atoms with E-state index in [2.05, 4.69) is 0 Å². The van der Waals surface area contributed by atoms with Crippen molar-refractivity contribution < 1.29 is 15.3 Å². The third-order valence-electron chi connectivity index (χ3n) is 1.91. The average molecular weight is 182 g/mol. The van der Waals surface area contributed by atoms with Crippen LogP contribution in [0.1, 0.15) is 12.0 Å². The minimum Gasteiger partial charge on any atom is -0.508 e. The summed E-state index contributed by atoms with van der Waals surface area (Å²) in [7, 11) is 0. The first-order valence-corrected chi connectivity index (χ1v) is 4.30. The number of hydrogen-bond acceptors (Lipinski definition) is 3. The maximum Gasteiger partial charge on any atom is 0.118 e. The Morgan fingerprint density at radius 2 is 1.92 bits per heavy atom. The van der Waals surface area contributed by atoms with E-state index < -0.39 is 6.10 Å². The van der Waals surface area contributed by atoms with Gasteiger partial charge in [-0.2, -0.15) is 0 Å². The van der Waals surface area contributed by atoms with E-state index in [1.165, 1.54) is 0 Å². The molecule has 3 heteroatoms. The van der Waals surface area contributed by atoms with E-state index in [-0.39, 0.29) is 12.4 Å². The van der Waals surface area contributed by atoms with Crippen LogP contribution in [0.5, 0.6) is 5.75 Å². The van der Waals surface area contributed by atoms with Gasteiger partial charge in [0.15, 0.2) is 0 Å². The SMILES string of the molecule is OCCC(O)Cc1ccccc1O. The highest BCUT2D eigenvalue weighted by atomic mass is 16.3. The van der Waals surface area contributed by atoms with Gasteiger partial charge in [-0.1, -0.05) is 18.2 Å². The summed E-state index contributed by atoms with van der Waals surface area (Å²) in [5.41, 5.74) is 0.712. The Morgan fingerprint density at radius 3 is 2.54 bits per heavy atom. The van der Waals surface area contributed by atoms with Gasteiger partial charge in [0.2, 0.25) is 0 Å². The Morgan fingerprint density at radius 1 is 1.23 bits per heavy atom. The fourth-order valence-electron chi connectivity index (χ4n) is 1.19. The van der Waals surface area contributed by atoms with Crippen molar-refractivity contribution in [2.45, 2.75) is 18.9 Å². The van der Waals surface area contributed by atoms with Crippen LogP contribution in [0.2, 0.25) is 0 Å². The molecule has 72 valence electrons. The summed E-state index contributed by atoms with van der Waals surface area (Å²) >= 11 is 0. The van der Waals surface area contributed by atoms with Gasteiger partial charge in [0.1, 0.15) is 5.75 Å². The molecule has 1 unspecified atom stereocenters. The second kappa shape index (κ2) is 4.84. The number of rotatable bonds is 4. The van der Waals surface area contributed by atoms with E-state index in [0.29, 0.717) is 18.4 Å². The van der Waals surface area contributed by atoms with Crippen LogP contribution in [0.4, 0.5) is 0 Å². The molecule has 0 heterocycles. The predicted molar refractivity (Wildman–Crippen MR) is 49.5 cm³/mol. The van der Waals surface area contributed by atoms with Crippen molar-refractivity contribution in [3.05, 3.63) is 29.8 Å². The van der Waals surface area contributed by atoms with Crippen LogP contribution in [0.15, 0.2) is 24.3 Å². The molecular weight excluding hydrogens is 168 g/mol. The maximum absolute atomic E-state index is 9.36. The number of aliphatic hydroxyl groups excluding tert-OH is 2. The third-order valence-corrected chi connectivity index (χ3v) is 1.91. The van der Waals surface area contributed by atoms with Crippen molar-refractivity contribution >= 4 is 0 Å². The number of para-hydroxylation sites is 1. The van der Waals surface area contributed by atoms with Crippen LogP contribution >= 0.6 is 0 Å². The molecule has 1 atom stereocenters. The summed E-state index contributed by atoms with van der Waals surface area (Å²) in [5.74, 6) is 0.194. The van der Waals surface area contributed by atoms with Crippen molar-refractivity contribution in [2.24, 2.45) is 0 Å². The minimum absolute atomic E-state index is 0.0330. The van der Waals surface area contributed by atoms with Gasteiger partial charge >= 0.3 is 0 Å². The molecule has 1 aromatic carbocycles. The van der Waals surface area contributed by atoms with Crippen molar-refractivity contribution in [2.75, 3.05) is 6.61 Å². The van der Waals surface area contributed by atoms with E-state index in [0.717, 1.165) is 0 Å². The number of benzene rings is 1. The van der Waals surface area contributed by atoms with E-state index >= 15 is 0 Å². The standard InChI is InChI=1S/C10H14O3/c11-6-5-9(12)7-8-3-1-2-4-10(8)13/h1-4,9,11-13H,5-7H2. The Bertz CT molecular complexity index is 260. The first-order chi connectivity index (χ1) is 6.24. The molecule has 0 aliphatic rings. The minimum atomic E-state index is -0.585. The Labute approximate surface area is 77.3 Å². The highest BCUT2D eigenvalue weighted by molar-refractivity contribution is 5.32. The molecule has 13 heavy (non-hydrogen) atoms. The first-order valence-electron chi connectivity index (χ1n) is 4.30. The fourth-order valence-corrected chi connectivity index (χ4v) is 1.19. The van der Waals surface area contributed by atoms with Gasteiger partial charge in [-0.3, -0.25) is 0 Å². The molecule has 1 aromatic rings. The lowest BCUT2D eigenvalue weighted by molar-refractivity contribution is 0.132. The molecule has 0 aromatic heterocycles. The quantitative estimate of drug-likeness (QED) is 0.641. The van der Waals surface area contributed by atoms with Crippen molar-refractivity contribution in [3.8, 4) is 5.75 Å². The molecule has 0 bridgehead atoms. The third kappa shape index (κ3) is 3.05. The molecule has 0 radical (unpaired) electrons. The molecular formula is C10H14O3. The van der Waals surface area contributed by atoms with Crippen LogP contribution in [0, 0.1) is 0 Å². The van der Waals surface area contributed by atoms with Gasteiger partial charge in [-0.05, 0) is 18.1 Å². The summed E-state index contributed by atoms with van der Waals surface area (Å²) in [4.78, 5) is 0. The van der Waals surface area contributed by atoms with Gasteiger partial charge in [-0.15, -0.1) is 0 Å². The van der Waals surface area contributed by atoms with Crippen LogP contribution in [0.3, 0.4) is 0 Å². The summed E-state index contributed by atoms with van der Waals surface area (Å²) in [5, 5.41) is 27.3. The summed E-state index contributed by atoms with van der Waals surface area (Å²) in [6.07, 6.45) is 0.139. The summed E-state index contributed by atoms with van der Waals surface area (Å²) in [6, 6.07) is 6.88. The van der Waals surface area contributed by atoms with Crippen LogP contribution in [0.25, 0.3) is 0 Å². The predicted octanol–water partition coefficient (Wildman–Crippen LogP) is 0.678. The van der Waals surface area contributed by atoms with Crippen molar-refractivity contribution in [1.82, 2.24) is 0 Å². The maximum atomic E-state index is 9.36. The summed E-state index contributed by atoms with van der Waals surface area (Å²) in [6.45, 7) is -0.0330. The smallest absolute Gasteiger partial charge is 0.118 e. The number of phenolic OH excluding ortho intramolecular Hbond substituents is 1. The van der Waals surface area contributed by atoms with Gasteiger partial charge in [0.05, 0.1) is 6.10 Å². The fraction of sp³-hybridized carbons (Fsp3) is 0.400. The van der Waals surface area contributed by atoms with E-state index in [1.807, 2.05) is 0 Å². The zero-order chi connectivity index (χ0) is 9.68. The topological polar surface area (TPSA) is 60.7 Å². The average Bonchev–Trinajstić information content (AvgIpc) is 2.09. The van der Waals surface area contributed by atoms with E-state index in [4.69, 9.17) is 5.11 Å². The van der Waals surface area contributed by atoms with Crippen molar-refractivity contribution in [3.63, 3.8) is 0 Å². The number of hydrogen-bond donors (Lipinski definition) is 3. The van der Waals surface area contributed by atoms with Crippen LogP contribution < -0.4 is 0 Å². The number of phenols is 1. The van der Waals surface area contributed by atoms with Crippen LogP contribution in [-0.2, 0) is 6.42 Å². The highest BCUT2D eigenvalue weighted by Crippen LogP contribution is 2.17. The lowest BCUT2D eigenvalue weighted by atomic mass is 10.1. The highest BCUT2D eigenvalue weighted by Gasteiger charge is 2.07. The second-order valence-corrected chi connectivity index (χ2v) is 3.00. The van der Waals surface area contributed by atoms with Gasteiger partial charge in [0.25, 0.3) is 0 Å². The Kier molecular flexibility index (Phi) is 3.73. The van der Waals surface area contributed by atoms with Crippen LogP contribution in [-0.4, -0.2) is 28.0 Å². The van der Waals surface area contributed by atoms with E-state index in [1.54, 1.807) is 24.3 Å². The molecule has 0 amide bonds. The Hall–Kier alpha value is -1.06. The van der Waals surface area contributed by atoms with Gasteiger partial charge in [-0.25, -0.2) is 0 Å². The van der Waals surface area contributed by atoms with Gasteiger partial charge < -0.3 is 15.3 Å². The van der Waals surface area contributed by atoms with E-state index in [9.17, 15) is 10.2 Å². The normalized spacial score (nSPS) is 12.8. The largest absolute Gasteiger partial charge is 0.508 e. The molecule has 3 N–H and O–H groups in total. The molecule has 0 saturated carbocycles. The monoisotopic (exact) mass is 182 g/mol. The van der Waals surface area contributed by atoms with Crippen molar-refractivity contribution in [1.29, 1.82) is 0 Å². The lowest BCUT2D eigenvalue weighted by Crippen LogP contribution is -2.12. The summed E-state index contributed by atoms with van der Waals surface area (Å²) < 4.78 is 0. The molecule has 3 nitrogen and oxygen atoms in total. The molecule has 1 rings (SSSR count). The second-order valence-electron chi connectivity index (χ2n) is 3.00. The lowest BCUT2D eigenvalue weighted by Gasteiger charge is -2.09. The molecule has 0 aliphatic heterocycles. The number of aliphatic hydroxyl groups is 2. The first kappa shape index (κ1) is 10.0. The molecule has 0 saturated heterocycles. The zero-order valence-corrected chi connectivity index (χ0v) is 7.35. The zero-order valence-electron chi connectivity index (χ0n) is 7.35. The molecule has 0 spiro atoms.